The van der Waals surface area contributed by atoms with Crippen LogP contribution in [0.3, 0.4) is 0 Å². The fourth-order valence-electron chi connectivity index (χ4n) is 2.30. The molecule has 3 aromatic rings. The maximum absolute atomic E-state index is 11.9. The zero-order valence-electron chi connectivity index (χ0n) is 11.6. The minimum Gasteiger partial charge on any atom is -0.490 e. The van der Waals surface area contributed by atoms with Crippen LogP contribution >= 0.6 is 11.6 Å². The number of aryl methyl sites for hydroxylation is 1. The Morgan fingerprint density at radius 2 is 2.14 bits per heavy atom. The summed E-state index contributed by atoms with van der Waals surface area (Å²) in [5.41, 5.74) is 1.96. The Hall–Kier alpha value is -2.05. The molecule has 21 heavy (non-hydrogen) atoms. The highest BCUT2D eigenvalue weighted by atomic mass is 35.5. The van der Waals surface area contributed by atoms with Crippen LogP contribution in [0.2, 0.25) is 5.02 Å². The molecule has 0 aliphatic carbocycles. The minimum atomic E-state index is -0.292. The quantitative estimate of drug-likeness (QED) is 0.750. The van der Waals surface area contributed by atoms with Gasteiger partial charge in [0.25, 0.3) is 0 Å². The van der Waals surface area contributed by atoms with Crippen molar-refractivity contribution in [3.63, 3.8) is 0 Å². The summed E-state index contributed by atoms with van der Waals surface area (Å²) in [6.07, 6.45) is 0. The topological polar surface area (TPSA) is 68.6 Å². The SMILES string of the molecule is COCCOc1cc2c(C)cc3n[nH]c(=O)n3c2cc1Cl. The predicted molar refractivity (Wildman–Crippen MR) is 80.4 cm³/mol. The van der Waals surface area contributed by atoms with Crippen LogP contribution in [0.4, 0.5) is 0 Å². The molecule has 0 aliphatic rings. The number of halogens is 1. The van der Waals surface area contributed by atoms with E-state index in [9.17, 15) is 4.79 Å². The lowest BCUT2D eigenvalue weighted by Crippen LogP contribution is -2.10. The Kier molecular flexibility index (Phi) is 3.57. The van der Waals surface area contributed by atoms with E-state index in [4.69, 9.17) is 21.1 Å². The second-order valence-electron chi connectivity index (χ2n) is 4.69. The number of nitrogens with one attached hydrogen (secondary N) is 1. The van der Waals surface area contributed by atoms with Crippen molar-refractivity contribution >= 4 is 28.2 Å². The van der Waals surface area contributed by atoms with E-state index in [0.717, 1.165) is 10.9 Å². The van der Waals surface area contributed by atoms with Crippen LogP contribution in [0.15, 0.2) is 23.0 Å². The van der Waals surface area contributed by atoms with E-state index in [1.165, 1.54) is 4.40 Å². The molecule has 1 N–H and O–H groups in total. The monoisotopic (exact) mass is 307 g/mol. The molecule has 6 nitrogen and oxygen atoms in total. The standard InChI is InChI=1S/C14H14ClN3O3/c1-8-5-13-16-17-14(19)18(13)11-7-10(15)12(6-9(8)11)21-4-3-20-2/h5-7H,3-4H2,1-2H3,(H,17,19). The first-order chi connectivity index (χ1) is 10.1. The number of nitrogens with zero attached hydrogens (tertiary/aromatic N) is 2. The molecule has 1 aromatic carbocycles. The Morgan fingerprint density at radius 1 is 1.33 bits per heavy atom. The van der Waals surface area contributed by atoms with Crippen molar-refractivity contribution in [1.29, 1.82) is 0 Å². The van der Waals surface area contributed by atoms with Gasteiger partial charge < -0.3 is 9.47 Å². The Labute approximate surface area is 125 Å². The molecule has 0 spiro atoms. The molecule has 0 saturated carbocycles. The van der Waals surface area contributed by atoms with Crippen molar-refractivity contribution in [2.75, 3.05) is 20.3 Å². The zero-order valence-corrected chi connectivity index (χ0v) is 12.4. The number of rotatable bonds is 4. The van der Waals surface area contributed by atoms with Crippen LogP contribution in [0.25, 0.3) is 16.6 Å². The van der Waals surface area contributed by atoms with Gasteiger partial charge in [0.15, 0.2) is 5.65 Å². The molecule has 7 heteroatoms. The molecule has 3 rings (SSSR count). The Balaban J connectivity index is 2.21. The fourth-order valence-corrected chi connectivity index (χ4v) is 2.51. The molecule has 2 heterocycles. The van der Waals surface area contributed by atoms with Crippen LogP contribution in [0.1, 0.15) is 5.56 Å². The Morgan fingerprint density at radius 3 is 2.90 bits per heavy atom. The number of ether oxygens (including phenoxy) is 2. The average molecular weight is 308 g/mol. The summed E-state index contributed by atoms with van der Waals surface area (Å²) >= 11 is 6.24. The normalized spacial score (nSPS) is 11.4. The number of benzene rings is 1. The second-order valence-corrected chi connectivity index (χ2v) is 5.10. The first-order valence-electron chi connectivity index (χ1n) is 6.43. The lowest BCUT2D eigenvalue weighted by Gasteiger charge is -2.11. The predicted octanol–water partition coefficient (Wildman–Crippen LogP) is 2.16. The van der Waals surface area contributed by atoms with Gasteiger partial charge in [-0.2, -0.15) is 5.10 Å². The van der Waals surface area contributed by atoms with Crippen LogP contribution in [0, 0.1) is 6.92 Å². The summed E-state index contributed by atoms with van der Waals surface area (Å²) < 4.78 is 12.0. The van der Waals surface area contributed by atoms with Crippen molar-refractivity contribution in [3.05, 3.63) is 39.3 Å². The highest BCUT2D eigenvalue weighted by molar-refractivity contribution is 6.32. The van der Waals surface area contributed by atoms with Gasteiger partial charge in [-0.3, -0.25) is 0 Å². The van der Waals surface area contributed by atoms with E-state index in [2.05, 4.69) is 10.2 Å². The molecule has 0 aliphatic heterocycles. The van der Waals surface area contributed by atoms with E-state index in [1.54, 1.807) is 13.2 Å². The van der Waals surface area contributed by atoms with Crippen molar-refractivity contribution in [1.82, 2.24) is 14.6 Å². The molecule has 0 fully saturated rings. The summed E-state index contributed by atoms with van der Waals surface area (Å²) in [6.45, 7) is 2.84. The Bertz CT molecular complexity index is 869. The highest BCUT2D eigenvalue weighted by Gasteiger charge is 2.12. The van der Waals surface area contributed by atoms with Gasteiger partial charge in [0.1, 0.15) is 12.4 Å². The maximum Gasteiger partial charge on any atom is 0.348 e. The number of hydrogen-bond acceptors (Lipinski definition) is 4. The third-order valence-corrected chi connectivity index (χ3v) is 3.60. The van der Waals surface area contributed by atoms with Gasteiger partial charge in [-0.05, 0) is 30.7 Å². The number of aromatic nitrogens is 3. The molecule has 2 aromatic heterocycles. The van der Waals surface area contributed by atoms with E-state index < -0.39 is 0 Å². The molecule has 110 valence electrons. The number of hydrogen-bond donors (Lipinski definition) is 1. The lowest BCUT2D eigenvalue weighted by atomic mass is 10.1. The smallest absolute Gasteiger partial charge is 0.348 e. The molecule has 0 radical (unpaired) electrons. The van der Waals surface area contributed by atoms with Crippen molar-refractivity contribution in [2.24, 2.45) is 0 Å². The summed E-state index contributed by atoms with van der Waals surface area (Å²) in [4.78, 5) is 11.9. The summed E-state index contributed by atoms with van der Waals surface area (Å²) in [7, 11) is 1.61. The van der Waals surface area contributed by atoms with Gasteiger partial charge in [0.2, 0.25) is 0 Å². The lowest BCUT2D eigenvalue weighted by molar-refractivity contribution is 0.146. The molecular formula is C14H14ClN3O3. The second kappa shape index (κ2) is 5.38. The first-order valence-corrected chi connectivity index (χ1v) is 6.81. The number of aromatic amines is 1. The van der Waals surface area contributed by atoms with Gasteiger partial charge in [-0.25, -0.2) is 14.3 Å². The fraction of sp³-hybridized carbons (Fsp3) is 0.286. The van der Waals surface area contributed by atoms with Crippen molar-refractivity contribution < 1.29 is 9.47 Å². The summed E-state index contributed by atoms with van der Waals surface area (Å²) in [5.74, 6) is 0.570. The molecule has 0 atom stereocenters. The van der Waals surface area contributed by atoms with Gasteiger partial charge in [0, 0.05) is 12.5 Å². The van der Waals surface area contributed by atoms with E-state index >= 15 is 0 Å². The van der Waals surface area contributed by atoms with E-state index in [0.29, 0.717) is 35.1 Å². The number of fused-ring (bicyclic) bond motifs is 3. The largest absolute Gasteiger partial charge is 0.490 e. The number of H-pyrrole nitrogens is 1. The van der Waals surface area contributed by atoms with Gasteiger partial charge in [-0.15, -0.1) is 0 Å². The molecule has 0 amide bonds. The van der Waals surface area contributed by atoms with Crippen molar-refractivity contribution in [3.8, 4) is 5.75 Å². The third kappa shape index (κ3) is 2.36. The average Bonchev–Trinajstić information content (AvgIpc) is 2.81. The van der Waals surface area contributed by atoms with E-state index in [1.807, 2.05) is 19.1 Å². The van der Waals surface area contributed by atoms with Gasteiger partial charge in [0.05, 0.1) is 17.1 Å². The molecule has 0 unspecified atom stereocenters. The van der Waals surface area contributed by atoms with E-state index in [-0.39, 0.29) is 5.69 Å². The van der Waals surface area contributed by atoms with Crippen LogP contribution in [-0.4, -0.2) is 34.9 Å². The zero-order chi connectivity index (χ0) is 15.0. The molecule has 0 bridgehead atoms. The van der Waals surface area contributed by atoms with Gasteiger partial charge in [-0.1, -0.05) is 11.6 Å². The van der Waals surface area contributed by atoms with Crippen molar-refractivity contribution in [2.45, 2.75) is 6.92 Å². The van der Waals surface area contributed by atoms with Gasteiger partial charge >= 0.3 is 5.69 Å². The number of methoxy groups -OCH3 is 1. The number of pyridine rings is 1. The molecule has 0 saturated heterocycles. The van der Waals surface area contributed by atoms with Crippen LogP contribution < -0.4 is 10.4 Å². The maximum atomic E-state index is 11.9. The first kappa shape index (κ1) is 13.9. The van der Waals surface area contributed by atoms with Crippen LogP contribution in [0.5, 0.6) is 5.75 Å². The summed E-state index contributed by atoms with van der Waals surface area (Å²) in [6, 6.07) is 5.39. The third-order valence-electron chi connectivity index (χ3n) is 3.30. The van der Waals surface area contributed by atoms with Crippen LogP contribution in [-0.2, 0) is 4.74 Å². The minimum absolute atomic E-state index is 0.292. The highest BCUT2D eigenvalue weighted by Crippen LogP contribution is 2.31. The molecular weight excluding hydrogens is 294 g/mol. The summed E-state index contributed by atoms with van der Waals surface area (Å²) in [5, 5.41) is 7.75.